The van der Waals surface area contributed by atoms with Crippen LogP contribution < -0.4 is 0 Å². The molecule has 1 N–H and O–H groups in total. The third kappa shape index (κ3) is 1.88. The summed E-state index contributed by atoms with van der Waals surface area (Å²) in [6, 6.07) is 5.15. The first-order valence-electron chi connectivity index (χ1n) is 3.21. The predicted octanol–water partition coefficient (Wildman–Crippen LogP) is 1.47. The van der Waals surface area contributed by atoms with Crippen molar-refractivity contribution in [1.29, 1.82) is 0 Å². The summed E-state index contributed by atoms with van der Waals surface area (Å²) in [5.74, 6) is -1.02. The second-order valence-corrected chi connectivity index (χ2v) is 2.12. The predicted molar refractivity (Wildman–Crippen MR) is 41.0 cm³/mol. The molecule has 0 radical (unpaired) electrons. The van der Waals surface area contributed by atoms with Crippen molar-refractivity contribution in [2.45, 2.75) is 0 Å². The van der Waals surface area contributed by atoms with Gasteiger partial charge in [0.2, 0.25) is 5.78 Å². The summed E-state index contributed by atoms with van der Waals surface area (Å²) in [6.45, 7) is 0. The van der Waals surface area contributed by atoms with Gasteiger partial charge in [-0.25, -0.2) is 4.39 Å². The van der Waals surface area contributed by atoms with Gasteiger partial charge in [0.25, 0.3) is 0 Å². The molecule has 0 fully saturated rings. The van der Waals surface area contributed by atoms with Crippen LogP contribution >= 0.6 is 0 Å². The Hall–Kier alpha value is -1.71. The van der Waals surface area contributed by atoms with Crippen molar-refractivity contribution in [3.63, 3.8) is 0 Å². The summed E-state index contributed by atoms with van der Waals surface area (Å²) in [6.07, 6.45) is 0.717. The van der Waals surface area contributed by atoms with Crippen LogP contribution in [0.3, 0.4) is 0 Å². The van der Waals surface area contributed by atoms with E-state index < -0.39 is 11.6 Å². The quantitative estimate of drug-likeness (QED) is 0.314. The maximum atomic E-state index is 12.5. The van der Waals surface area contributed by atoms with E-state index in [2.05, 4.69) is 5.16 Å². The standard InChI is InChI=1S/C8H6FNO2/c9-7-3-1-2-6(4-7)8(11)5-10-12/h1-5,12H/b10-5+. The van der Waals surface area contributed by atoms with Crippen LogP contribution in [0.25, 0.3) is 0 Å². The maximum absolute atomic E-state index is 12.5. The van der Waals surface area contributed by atoms with E-state index in [1.54, 1.807) is 0 Å². The molecule has 4 heteroatoms. The number of carbonyl (C=O) groups excluding carboxylic acids is 1. The Labute approximate surface area is 68.1 Å². The molecule has 62 valence electrons. The summed E-state index contributed by atoms with van der Waals surface area (Å²) in [7, 11) is 0. The monoisotopic (exact) mass is 167 g/mol. The highest BCUT2D eigenvalue weighted by Gasteiger charge is 2.02. The minimum atomic E-state index is -0.531. The summed E-state index contributed by atoms with van der Waals surface area (Å²) >= 11 is 0. The lowest BCUT2D eigenvalue weighted by Gasteiger charge is -1.93. The number of carbonyl (C=O) groups is 1. The molecule has 12 heavy (non-hydrogen) atoms. The Bertz CT molecular complexity index is 323. The van der Waals surface area contributed by atoms with Gasteiger partial charge in [-0.05, 0) is 12.1 Å². The molecule has 0 aromatic heterocycles. The van der Waals surface area contributed by atoms with Crippen LogP contribution in [-0.4, -0.2) is 17.2 Å². The number of hydrogen-bond acceptors (Lipinski definition) is 3. The van der Waals surface area contributed by atoms with Gasteiger partial charge in [0.1, 0.15) is 12.0 Å². The molecule has 0 aliphatic carbocycles. The van der Waals surface area contributed by atoms with Crippen LogP contribution in [0.4, 0.5) is 4.39 Å². The first-order chi connectivity index (χ1) is 5.74. The molecule has 0 aliphatic heterocycles. The normalized spacial score (nSPS) is 10.4. The number of Topliss-reactive ketones (excluding diaryl/α,β-unsaturated/α-hetero) is 1. The van der Waals surface area contributed by atoms with Crippen molar-refractivity contribution >= 4 is 12.0 Å². The van der Waals surface area contributed by atoms with Crippen LogP contribution in [-0.2, 0) is 0 Å². The fraction of sp³-hybridized carbons (Fsp3) is 0. The Balaban J connectivity index is 2.96. The third-order valence-electron chi connectivity index (χ3n) is 1.28. The van der Waals surface area contributed by atoms with Gasteiger partial charge in [-0.3, -0.25) is 4.79 Å². The first kappa shape index (κ1) is 8.39. The zero-order valence-corrected chi connectivity index (χ0v) is 6.07. The Morgan fingerprint density at radius 1 is 1.58 bits per heavy atom. The second-order valence-electron chi connectivity index (χ2n) is 2.12. The molecule has 0 atom stereocenters. The molecule has 0 bridgehead atoms. The van der Waals surface area contributed by atoms with Crippen molar-refractivity contribution in [1.82, 2.24) is 0 Å². The van der Waals surface area contributed by atoms with Gasteiger partial charge in [-0.2, -0.15) is 0 Å². The van der Waals surface area contributed by atoms with Gasteiger partial charge in [0, 0.05) is 5.56 Å². The van der Waals surface area contributed by atoms with Gasteiger partial charge in [-0.1, -0.05) is 17.3 Å². The largest absolute Gasteiger partial charge is 0.411 e. The van der Waals surface area contributed by atoms with Crippen molar-refractivity contribution < 1.29 is 14.4 Å². The second kappa shape index (κ2) is 3.61. The average Bonchev–Trinajstić information content (AvgIpc) is 2.05. The van der Waals surface area contributed by atoms with Gasteiger partial charge in [-0.15, -0.1) is 0 Å². The number of halogens is 1. The molecule has 0 amide bonds. The number of rotatable bonds is 2. The number of oxime groups is 1. The minimum absolute atomic E-state index is 0.160. The molecule has 0 spiro atoms. The van der Waals surface area contributed by atoms with Crippen molar-refractivity contribution in [2.75, 3.05) is 0 Å². The van der Waals surface area contributed by atoms with E-state index >= 15 is 0 Å². The lowest BCUT2D eigenvalue weighted by Crippen LogP contribution is -2.00. The Morgan fingerprint density at radius 3 is 2.92 bits per heavy atom. The number of hydrogen-bond donors (Lipinski definition) is 1. The van der Waals surface area contributed by atoms with Gasteiger partial charge in [0.15, 0.2) is 0 Å². The van der Waals surface area contributed by atoms with E-state index in [9.17, 15) is 9.18 Å². The molecule has 1 aromatic rings. The molecular weight excluding hydrogens is 161 g/mol. The van der Waals surface area contributed by atoms with Crippen molar-refractivity contribution in [3.8, 4) is 0 Å². The lowest BCUT2D eigenvalue weighted by atomic mass is 10.1. The van der Waals surface area contributed by atoms with E-state index in [1.807, 2.05) is 0 Å². The van der Waals surface area contributed by atoms with Crippen LogP contribution in [0.1, 0.15) is 10.4 Å². The molecule has 0 aliphatic rings. The third-order valence-corrected chi connectivity index (χ3v) is 1.28. The fourth-order valence-corrected chi connectivity index (χ4v) is 0.769. The van der Waals surface area contributed by atoms with E-state index in [0.717, 1.165) is 12.3 Å². The van der Waals surface area contributed by atoms with Gasteiger partial charge in [0.05, 0.1) is 0 Å². The highest BCUT2D eigenvalue weighted by molar-refractivity contribution is 6.35. The fourth-order valence-electron chi connectivity index (χ4n) is 0.769. The average molecular weight is 167 g/mol. The molecule has 0 heterocycles. The van der Waals surface area contributed by atoms with Crippen molar-refractivity contribution in [3.05, 3.63) is 35.6 Å². The minimum Gasteiger partial charge on any atom is -0.411 e. The molecule has 1 rings (SSSR count). The summed E-state index contributed by atoms with van der Waals surface area (Å²) in [4.78, 5) is 10.9. The lowest BCUT2D eigenvalue weighted by molar-refractivity contribution is 0.106. The molecule has 0 unspecified atom stereocenters. The van der Waals surface area contributed by atoms with E-state index in [0.29, 0.717) is 0 Å². The van der Waals surface area contributed by atoms with E-state index in [4.69, 9.17) is 5.21 Å². The van der Waals surface area contributed by atoms with Crippen LogP contribution in [0.5, 0.6) is 0 Å². The number of ketones is 1. The Kier molecular flexibility index (Phi) is 2.53. The SMILES string of the molecule is O=C(/C=N/O)c1cccc(F)c1. The maximum Gasteiger partial charge on any atom is 0.207 e. The highest BCUT2D eigenvalue weighted by Crippen LogP contribution is 2.02. The Morgan fingerprint density at radius 2 is 2.33 bits per heavy atom. The highest BCUT2D eigenvalue weighted by atomic mass is 19.1. The smallest absolute Gasteiger partial charge is 0.207 e. The summed E-state index contributed by atoms with van der Waals surface area (Å²) in [5, 5.41) is 10.6. The molecule has 0 saturated heterocycles. The molecule has 0 saturated carbocycles. The molecular formula is C8H6FNO2. The topological polar surface area (TPSA) is 49.7 Å². The molecule has 1 aromatic carbocycles. The number of nitrogens with zero attached hydrogens (tertiary/aromatic N) is 1. The zero-order chi connectivity index (χ0) is 8.97. The van der Waals surface area contributed by atoms with Crippen LogP contribution in [0.15, 0.2) is 29.4 Å². The van der Waals surface area contributed by atoms with E-state index in [1.165, 1.54) is 18.2 Å². The van der Waals surface area contributed by atoms with Crippen LogP contribution in [0.2, 0.25) is 0 Å². The summed E-state index contributed by atoms with van der Waals surface area (Å²) < 4.78 is 12.5. The first-order valence-corrected chi connectivity index (χ1v) is 3.21. The molecule has 3 nitrogen and oxygen atoms in total. The van der Waals surface area contributed by atoms with Gasteiger partial charge < -0.3 is 5.21 Å². The van der Waals surface area contributed by atoms with Gasteiger partial charge >= 0.3 is 0 Å². The van der Waals surface area contributed by atoms with Crippen molar-refractivity contribution in [2.24, 2.45) is 5.16 Å². The summed E-state index contributed by atoms with van der Waals surface area (Å²) in [5.41, 5.74) is 0.160. The zero-order valence-electron chi connectivity index (χ0n) is 6.07. The van der Waals surface area contributed by atoms with E-state index in [-0.39, 0.29) is 5.56 Å². The van der Waals surface area contributed by atoms with Crippen LogP contribution in [0, 0.1) is 5.82 Å². The number of benzene rings is 1.